The third kappa shape index (κ3) is 7.34. The molecule has 0 heterocycles. The fraction of sp³-hybridized carbons (Fsp3) is 1.00. The highest BCUT2D eigenvalue weighted by Crippen LogP contribution is 1.88. The molecule has 0 aliphatic carbocycles. The van der Waals surface area contributed by atoms with Gasteiger partial charge in [0.25, 0.3) is 0 Å². The van der Waals surface area contributed by atoms with Crippen LogP contribution in [-0.2, 0) is 4.74 Å². The summed E-state index contributed by atoms with van der Waals surface area (Å²) in [5, 5.41) is 3.45. The first-order valence-electron chi connectivity index (χ1n) is 3.99. The van der Waals surface area contributed by atoms with Crippen LogP contribution in [0.1, 0.15) is 6.42 Å². The van der Waals surface area contributed by atoms with E-state index in [1.54, 1.807) is 7.11 Å². The van der Waals surface area contributed by atoms with Gasteiger partial charge in [-0.3, -0.25) is 0 Å². The van der Waals surface area contributed by atoms with Gasteiger partial charge in [0.05, 0.1) is 6.61 Å². The first-order chi connectivity index (χ1) is 5.81. The van der Waals surface area contributed by atoms with Crippen molar-refractivity contribution in [3.63, 3.8) is 0 Å². The van der Waals surface area contributed by atoms with Crippen LogP contribution in [-0.4, -0.2) is 45.3 Å². The Bertz CT molecular complexity index is 144. The lowest BCUT2D eigenvalue weighted by Crippen LogP contribution is -2.24. The first-order valence-corrected chi connectivity index (χ1v) is 3.99. The number of nitrogens with zero attached hydrogens (tertiary/aromatic N) is 4. The molecule has 5 nitrogen and oxygen atoms in total. The Kier molecular flexibility index (Phi) is 7.79. The highest BCUT2D eigenvalue weighted by atomic mass is 16.5. The molecule has 0 aromatic carbocycles. The zero-order valence-corrected chi connectivity index (χ0v) is 7.73. The molecule has 0 spiro atoms. The van der Waals surface area contributed by atoms with Gasteiger partial charge in [-0.25, -0.2) is 0 Å². The lowest BCUT2D eigenvalue weighted by Gasteiger charge is -2.14. The van der Waals surface area contributed by atoms with Gasteiger partial charge >= 0.3 is 0 Å². The molecule has 12 heavy (non-hydrogen) atoms. The molecule has 0 aromatic rings. The minimum atomic E-state index is 0.577. The van der Waals surface area contributed by atoms with Gasteiger partial charge in [0.2, 0.25) is 0 Å². The van der Waals surface area contributed by atoms with E-state index in [4.69, 9.17) is 10.3 Å². The van der Waals surface area contributed by atoms with Crippen molar-refractivity contribution in [2.24, 2.45) is 5.11 Å². The van der Waals surface area contributed by atoms with Crippen LogP contribution in [0.5, 0.6) is 0 Å². The molecule has 0 aliphatic heterocycles. The molecule has 0 aliphatic rings. The van der Waals surface area contributed by atoms with E-state index >= 15 is 0 Å². The fourth-order valence-electron chi connectivity index (χ4n) is 0.815. The van der Waals surface area contributed by atoms with Crippen molar-refractivity contribution in [3.8, 4) is 0 Å². The first kappa shape index (κ1) is 11.2. The molecule has 0 atom stereocenters. The van der Waals surface area contributed by atoms with Crippen molar-refractivity contribution in [2.75, 3.05) is 40.4 Å². The van der Waals surface area contributed by atoms with Crippen LogP contribution in [0.4, 0.5) is 0 Å². The molecule has 70 valence electrons. The Morgan fingerprint density at radius 3 is 2.83 bits per heavy atom. The minimum Gasteiger partial charge on any atom is -0.383 e. The van der Waals surface area contributed by atoms with E-state index in [0.29, 0.717) is 6.54 Å². The smallest absolute Gasteiger partial charge is 0.0589 e. The summed E-state index contributed by atoms with van der Waals surface area (Å²) in [7, 11) is 3.71. The quantitative estimate of drug-likeness (QED) is 0.251. The molecule has 5 heteroatoms. The number of rotatable bonds is 7. The average Bonchev–Trinajstić information content (AvgIpc) is 2.09. The lowest BCUT2D eigenvalue weighted by molar-refractivity contribution is 0.161. The van der Waals surface area contributed by atoms with E-state index in [2.05, 4.69) is 14.9 Å². The van der Waals surface area contributed by atoms with Crippen molar-refractivity contribution < 1.29 is 4.74 Å². The second-order valence-electron chi connectivity index (χ2n) is 2.60. The van der Waals surface area contributed by atoms with E-state index in [9.17, 15) is 0 Å². The average molecular weight is 172 g/mol. The summed E-state index contributed by atoms with van der Waals surface area (Å²) in [5.41, 5.74) is 8.00. The number of methoxy groups -OCH3 is 1. The molecule has 0 fully saturated rings. The molecular weight excluding hydrogens is 156 g/mol. The van der Waals surface area contributed by atoms with Crippen LogP contribution < -0.4 is 0 Å². The normalized spacial score (nSPS) is 9.92. The third-order valence-corrected chi connectivity index (χ3v) is 1.54. The predicted molar refractivity (Wildman–Crippen MR) is 48.0 cm³/mol. The molecule has 0 N–H and O–H groups in total. The molecule has 0 amide bonds. The molecule has 0 bridgehead atoms. The van der Waals surface area contributed by atoms with Crippen LogP contribution in [0.25, 0.3) is 10.4 Å². The van der Waals surface area contributed by atoms with Gasteiger partial charge in [0.15, 0.2) is 0 Å². The van der Waals surface area contributed by atoms with E-state index in [1.807, 2.05) is 7.05 Å². The zero-order chi connectivity index (χ0) is 9.23. The second-order valence-corrected chi connectivity index (χ2v) is 2.60. The summed E-state index contributed by atoms with van der Waals surface area (Å²) in [4.78, 5) is 4.83. The Balaban J connectivity index is 3.18. The summed E-state index contributed by atoms with van der Waals surface area (Å²) in [6, 6.07) is 0. The molecular formula is C7H16N4O. The van der Waals surface area contributed by atoms with Gasteiger partial charge in [0, 0.05) is 25.1 Å². The largest absolute Gasteiger partial charge is 0.383 e. The Hall–Kier alpha value is -0.770. The predicted octanol–water partition coefficient (Wildman–Crippen LogP) is 1.26. The summed E-state index contributed by atoms with van der Waals surface area (Å²) in [6.07, 6.45) is 0.907. The Morgan fingerprint density at radius 1 is 1.50 bits per heavy atom. The standard InChI is InChI=1S/C7H16N4O/c1-11(6-7-12-2)5-3-4-9-10-8/h3-7H2,1-2H3. The highest BCUT2D eigenvalue weighted by Gasteiger charge is 1.95. The minimum absolute atomic E-state index is 0.577. The fourth-order valence-corrected chi connectivity index (χ4v) is 0.815. The molecule has 0 radical (unpaired) electrons. The van der Waals surface area contributed by atoms with E-state index in [-0.39, 0.29) is 0 Å². The molecule has 0 saturated heterocycles. The molecule has 0 rings (SSSR count). The Labute approximate surface area is 72.9 Å². The summed E-state index contributed by atoms with van der Waals surface area (Å²) < 4.78 is 4.92. The van der Waals surface area contributed by atoms with Crippen molar-refractivity contribution >= 4 is 0 Å². The maximum Gasteiger partial charge on any atom is 0.0589 e. The number of hydrogen-bond donors (Lipinski definition) is 0. The summed E-state index contributed by atoms with van der Waals surface area (Å²) in [6.45, 7) is 3.20. The number of hydrogen-bond acceptors (Lipinski definition) is 3. The van der Waals surface area contributed by atoms with Crippen LogP contribution in [0.2, 0.25) is 0 Å². The van der Waals surface area contributed by atoms with Gasteiger partial charge in [0.1, 0.15) is 0 Å². The van der Waals surface area contributed by atoms with Gasteiger partial charge in [-0.2, -0.15) is 0 Å². The molecule has 0 saturated carbocycles. The lowest BCUT2D eigenvalue weighted by atomic mass is 10.4. The number of likely N-dealkylation sites (N-methyl/N-ethyl adjacent to an activating group) is 1. The van der Waals surface area contributed by atoms with Gasteiger partial charge in [-0.05, 0) is 25.5 Å². The van der Waals surface area contributed by atoms with Gasteiger partial charge in [-0.1, -0.05) is 5.11 Å². The SMILES string of the molecule is COCCN(C)CCCN=[N+]=[N-]. The molecule has 0 aromatic heterocycles. The van der Waals surface area contributed by atoms with Crippen molar-refractivity contribution in [1.82, 2.24) is 4.90 Å². The molecule has 0 unspecified atom stereocenters. The topological polar surface area (TPSA) is 61.2 Å². The van der Waals surface area contributed by atoms with Crippen molar-refractivity contribution in [1.29, 1.82) is 0 Å². The number of ether oxygens (including phenoxy) is 1. The van der Waals surface area contributed by atoms with E-state index in [0.717, 1.165) is 26.1 Å². The van der Waals surface area contributed by atoms with Crippen LogP contribution >= 0.6 is 0 Å². The zero-order valence-electron chi connectivity index (χ0n) is 7.73. The summed E-state index contributed by atoms with van der Waals surface area (Å²) >= 11 is 0. The second kappa shape index (κ2) is 8.33. The maximum atomic E-state index is 8.00. The summed E-state index contributed by atoms with van der Waals surface area (Å²) in [5.74, 6) is 0. The van der Waals surface area contributed by atoms with E-state index in [1.165, 1.54) is 0 Å². The monoisotopic (exact) mass is 172 g/mol. The van der Waals surface area contributed by atoms with Crippen LogP contribution in [0.15, 0.2) is 5.11 Å². The maximum absolute atomic E-state index is 8.00. The van der Waals surface area contributed by atoms with Gasteiger partial charge < -0.3 is 9.64 Å². The van der Waals surface area contributed by atoms with Crippen LogP contribution in [0.3, 0.4) is 0 Å². The van der Waals surface area contributed by atoms with Gasteiger partial charge in [-0.15, -0.1) is 0 Å². The van der Waals surface area contributed by atoms with Crippen molar-refractivity contribution in [2.45, 2.75) is 6.42 Å². The van der Waals surface area contributed by atoms with Crippen LogP contribution in [0, 0.1) is 0 Å². The number of azide groups is 1. The van der Waals surface area contributed by atoms with E-state index < -0.39 is 0 Å². The Morgan fingerprint density at radius 2 is 2.25 bits per heavy atom. The van der Waals surface area contributed by atoms with Crippen molar-refractivity contribution in [3.05, 3.63) is 10.4 Å². The third-order valence-electron chi connectivity index (χ3n) is 1.54. The highest BCUT2D eigenvalue weighted by molar-refractivity contribution is 4.53.